The molecule has 0 aliphatic rings. The monoisotopic (exact) mass is 292 g/mol. The van der Waals surface area contributed by atoms with Gasteiger partial charge in [0.2, 0.25) is 0 Å². The molecule has 0 unspecified atom stereocenters. The molecule has 0 aliphatic heterocycles. The molecule has 0 saturated carbocycles. The normalized spacial score (nSPS) is 11.0. The topological polar surface area (TPSA) is 0 Å². The van der Waals surface area contributed by atoms with Crippen molar-refractivity contribution in [2.24, 2.45) is 0 Å². The minimum atomic E-state index is 0.802. The molecule has 68 valence electrons. The van der Waals surface area contributed by atoms with E-state index >= 15 is 0 Å². The van der Waals surface area contributed by atoms with Crippen LogP contribution in [0.5, 0.6) is 0 Å². The van der Waals surface area contributed by atoms with Crippen LogP contribution in [0, 0.1) is 0 Å². The zero-order chi connectivity index (χ0) is 9.42. The second kappa shape index (κ2) is 3.81. The summed E-state index contributed by atoms with van der Waals surface area (Å²) in [6.07, 6.45) is 0. The van der Waals surface area contributed by atoms with Crippen LogP contribution in [0.25, 0.3) is 10.1 Å². The zero-order valence-electron chi connectivity index (χ0n) is 6.55. The molecule has 0 bridgehead atoms. The Morgan fingerprint density at radius 1 is 1.46 bits per heavy atom. The Kier molecular flexibility index (Phi) is 2.88. The van der Waals surface area contributed by atoms with Gasteiger partial charge < -0.3 is 0 Å². The highest BCUT2D eigenvalue weighted by Crippen LogP contribution is 2.36. The summed E-state index contributed by atoms with van der Waals surface area (Å²) in [4.78, 5) is 2.27. The maximum atomic E-state index is 6.06. The summed E-state index contributed by atoms with van der Waals surface area (Å²) in [5.74, 6) is 0. The number of benzene rings is 1. The molecule has 0 aliphatic carbocycles. The highest BCUT2D eigenvalue weighted by atomic mass is 79.9. The average Bonchev–Trinajstić information content (AvgIpc) is 2.56. The number of fused-ring (bicyclic) bond motifs is 1. The van der Waals surface area contributed by atoms with Crippen molar-refractivity contribution in [1.82, 2.24) is 0 Å². The number of hydrogen-bond acceptors (Lipinski definition) is 2. The summed E-state index contributed by atoms with van der Waals surface area (Å²) in [6.45, 7) is 0. The molecule has 2 rings (SSSR count). The third-order valence-electron chi connectivity index (χ3n) is 1.79. The molecular formula is C9H6BrClS2. The first-order valence-electron chi connectivity index (χ1n) is 3.68. The number of halogens is 2. The van der Waals surface area contributed by atoms with Crippen LogP contribution in [-0.2, 0) is 5.33 Å². The lowest BCUT2D eigenvalue weighted by Gasteiger charge is -1.95. The number of alkyl halides is 1. The first kappa shape index (κ1) is 9.84. The minimum absolute atomic E-state index is 0.802. The second-order valence-corrected chi connectivity index (χ2v) is 5.24. The molecule has 0 spiro atoms. The summed E-state index contributed by atoms with van der Waals surface area (Å²) < 4.78 is 1.17. The van der Waals surface area contributed by atoms with Gasteiger partial charge in [0.25, 0.3) is 0 Å². The predicted molar refractivity (Wildman–Crippen MR) is 66.7 cm³/mol. The van der Waals surface area contributed by atoms with Gasteiger partial charge in [0.15, 0.2) is 0 Å². The highest BCUT2D eigenvalue weighted by Gasteiger charge is 2.06. The Balaban J connectivity index is 2.80. The number of thiophene rings is 1. The van der Waals surface area contributed by atoms with Crippen LogP contribution < -0.4 is 0 Å². The van der Waals surface area contributed by atoms with Crippen LogP contribution >= 0.6 is 51.5 Å². The van der Waals surface area contributed by atoms with E-state index in [1.807, 2.05) is 12.1 Å². The Bertz CT molecular complexity index is 411. The molecule has 0 N–H and O–H groups in total. The number of thiol groups is 1. The van der Waals surface area contributed by atoms with E-state index in [0.717, 1.165) is 20.6 Å². The van der Waals surface area contributed by atoms with Crippen molar-refractivity contribution < 1.29 is 0 Å². The highest BCUT2D eigenvalue weighted by molar-refractivity contribution is 9.08. The fourth-order valence-electron chi connectivity index (χ4n) is 1.19. The van der Waals surface area contributed by atoms with Crippen LogP contribution in [0.4, 0.5) is 0 Å². The Labute approximate surface area is 99.4 Å². The molecule has 1 aromatic heterocycles. The smallest absolute Gasteiger partial charge is 0.0494 e. The van der Waals surface area contributed by atoms with Gasteiger partial charge in [0, 0.05) is 30.2 Å². The molecule has 0 saturated heterocycles. The van der Waals surface area contributed by atoms with E-state index in [1.165, 1.54) is 9.58 Å². The molecule has 0 nitrogen and oxygen atoms in total. The summed E-state index contributed by atoms with van der Waals surface area (Å²) in [7, 11) is 0. The quantitative estimate of drug-likeness (QED) is 0.570. The van der Waals surface area contributed by atoms with Gasteiger partial charge in [-0.1, -0.05) is 27.5 Å². The number of hydrogen-bond donors (Lipinski definition) is 1. The Hall–Kier alpha value is 0.300. The maximum Gasteiger partial charge on any atom is 0.0494 e. The fourth-order valence-corrected chi connectivity index (χ4v) is 3.24. The van der Waals surface area contributed by atoms with Gasteiger partial charge in [-0.2, -0.15) is 0 Å². The summed E-state index contributed by atoms with van der Waals surface area (Å²) in [5.41, 5.74) is 0. The molecule has 0 atom stereocenters. The first-order valence-corrected chi connectivity index (χ1v) is 6.44. The van der Waals surface area contributed by atoms with E-state index in [4.69, 9.17) is 11.6 Å². The van der Waals surface area contributed by atoms with Crippen LogP contribution in [0.1, 0.15) is 4.88 Å². The van der Waals surface area contributed by atoms with E-state index in [0.29, 0.717) is 0 Å². The average molecular weight is 294 g/mol. The van der Waals surface area contributed by atoms with Crippen molar-refractivity contribution >= 4 is 61.6 Å². The van der Waals surface area contributed by atoms with Crippen LogP contribution in [0.3, 0.4) is 0 Å². The zero-order valence-corrected chi connectivity index (χ0v) is 10.6. The molecule has 13 heavy (non-hydrogen) atoms. The van der Waals surface area contributed by atoms with E-state index < -0.39 is 0 Å². The van der Waals surface area contributed by atoms with E-state index in [2.05, 4.69) is 34.6 Å². The molecule has 0 radical (unpaired) electrons. The van der Waals surface area contributed by atoms with Gasteiger partial charge in [-0.05, 0) is 18.2 Å². The lowest BCUT2D eigenvalue weighted by molar-refractivity contribution is 1.59. The van der Waals surface area contributed by atoms with E-state index in [1.54, 1.807) is 11.3 Å². The molecule has 1 aromatic carbocycles. The van der Waals surface area contributed by atoms with Gasteiger partial charge in [-0.25, -0.2) is 0 Å². The van der Waals surface area contributed by atoms with Crippen LogP contribution in [0.15, 0.2) is 23.1 Å². The van der Waals surface area contributed by atoms with Crippen molar-refractivity contribution in [3.8, 4) is 0 Å². The first-order chi connectivity index (χ1) is 6.22. The van der Waals surface area contributed by atoms with Crippen molar-refractivity contribution in [1.29, 1.82) is 0 Å². The predicted octanol–water partition coefficient (Wildman–Crippen LogP) is 4.74. The van der Waals surface area contributed by atoms with E-state index in [9.17, 15) is 0 Å². The Morgan fingerprint density at radius 3 is 2.85 bits per heavy atom. The Morgan fingerprint density at radius 2 is 2.23 bits per heavy atom. The van der Waals surface area contributed by atoms with Crippen molar-refractivity contribution in [3.05, 3.63) is 28.1 Å². The maximum absolute atomic E-state index is 6.06. The standard InChI is InChI=1S/C9H6BrClS2/c10-4-5-3-6-7(11)1-2-8(12)9(6)13-5/h1-3,12H,4H2. The molecule has 0 amide bonds. The van der Waals surface area contributed by atoms with Gasteiger partial charge >= 0.3 is 0 Å². The van der Waals surface area contributed by atoms with Gasteiger partial charge in [-0.3, -0.25) is 0 Å². The number of rotatable bonds is 1. The molecule has 1 heterocycles. The minimum Gasteiger partial charge on any atom is -0.142 e. The van der Waals surface area contributed by atoms with Gasteiger partial charge in [0.1, 0.15) is 0 Å². The molecule has 4 heteroatoms. The molecular weight excluding hydrogens is 288 g/mol. The summed E-state index contributed by atoms with van der Waals surface area (Å²) >= 11 is 15.6. The molecule has 0 fully saturated rings. The lowest BCUT2D eigenvalue weighted by Crippen LogP contribution is -1.68. The van der Waals surface area contributed by atoms with Crippen molar-refractivity contribution in [2.75, 3.05) is 0 Å². The summed E-state index contributed by atoms with van der Waals surface area (Å²) in [5, 5.41) is 2.78. The van der Waals surface area contributed by atoms with E-state index in [-0.39, 0.29) is 0 Å². The second-order valence-electron chi connectivity index (χ2n) is 2.66. The van der Waals surface area contributed by atoms with Crippen molar-refractivity contribution in [3.63, 3.8) is 0 Å². The van der Waals surface area contributed by atoms with Crippen molar-refractivity contribution in [2.45, 2.75) is 10.2 Å². The molecule has 2 aromatic rings. The third kappa shape index (κ3) is 1.75. The largest absolute Gasteiger partial charge is 0.142 e. The SMILES string of the molecule is Sc1ccc(Cl)c2cc(CBr)sc12. The lowest BCUT2D eigenvalue weighted by atomic mass is 10.2. The van der Waals surface area contributed by atoms with Crippen LogP contribution in [0.2, 0.25) is 5.02 Å². The van der Waals surface area contributed by atoms with Gasteiger partial charge in [-0.15, -0.1) is 24.0 Å². The fraction of sp³-hybridized carbons (Fsp3) is 0.111. The van der Waals surface area contributed by atoms with Gasteiger partial charge in [0.05, 0.1) is 0 Å². The van der Waals surface area contributed by atoms with Crippen LogP contribution in [-0.4, -0.2) is 0 Å². The summed E-state index contributed by atoms with van der Waals surface area (Å²) in [6, 6.07) is 5.93. The third-order valence-corrected chi connectivity index (χ3v) is 4.79.